The molecule has 0 amide bonds. The third kappa shape index (κ3) is 5.72. The van der Waals surface area contributed by atoms with E-state index in [1.807, 2.05) is 0 Å². The van der Waals surface area contributed by atoms with E-state index < -0.39 is 100.0 Å². The van der Waals surface area contributed by atoms with Crippen LogP contribution in [0.3, 0.4) is 0 Å². The zero-order valence-electron chi connectivity index (χ0n) is 28.9. The van der Waals surface area contributed by atoms with Gasteiger partial charge in [-0.05, 0) is 43.5 Å². The minimum Gasteiger partial charge on any atom is -0.459 e. The van der Waals surface area contributed by atoms with E-state index in [0.717, 1.165) is 20.8 Å². The topological polar surface area (TPSA) is 183 Å². The van der Waals surface area contributed by atoms with Crippen molar-refractivity contribution in [3.8, 4) is 0 Å². The molecule has 50 heavy (non-hydrogen) atoms. The molecule has 12 heteroatoms. The molecule has 0 saturated heterocycles. The first-order chi connectivity index (χ1) is 23.3. The second-order valence-corrected chi connectivity index (χ2v) is 14.6. The Balaban J connectivity index is 1.76. The van der Waals surface area contributed by atoms with Crippen LogP contribution < -0.4 is 0 Å². The number of aliphatic hydroxyl groups excluding tert-OH is 1. The molecule has 0 aliphatic heterocycles. The number of fused-ring (bicyclic) bond motifs is 3. The summed E-state index contributed by atoms with van der Waals surface area (Å²) in [6.07, 6.45) is -6.85. The smallest absolute Gasteiger partial charge is 0.338 e. The summed E-state index contributed by atoms with van der Waals surface area (Å²) >= 11 is 0. The molecule has 268 valence electrons. The number of aliphatic hydroxyl groups is 3. The molecule has 3 saturated carbocycles. The maximum absolute atomic E-state index is 14.5. The number of Topliss-reactive ketones (excluding diaryl/α,β-unsaturated/α-hetero) is 1. The Morgan fingerprint density at radius 1 is 0.780 bits per heavy atom. The van der Waals surface area contributed by atoms with Crippen LogP contribution in [0, 0.1) is 28.6 Å². The summed E-state index contributed by atoms with van der Waals surface area (Å²) in [5, 5.41) is 36.8. The highest BCUT2D eigenvalue weighted by Gasteiger charge is 2.80. The number of carbonyl (C=O) groups is 5. The zero-order chi connectivity index (χ0) is 37.0. The molecule has 0 aromatic heterocycles. The molecule has 0 radical (unpaired) electrons. The fraction of sp³-hybridized carbons (Fsp3) is 0.500. The molecule has 3 aliphatic rings. The maximum Gasteiger partial charge on any atom is 0.338 e. The number of benzene rings is 2. The summed E-state index contributed by atoms with van der Waals surface area (Å²) in [6, 6.07) is 16.0. The van der Waals surface area contributed by atoms with Gasteiger partial charge in [-0.15, -0.1) is 6.58 Å². The summed E-state index contributed by atoms with van der Waals surface area (Å²) in [5.41, 5.74) is -7.74. The summed E-state index contributed by atoms with van der Waals surface area (Å²) in [6.45, 7) is 12.2. The van der Waals surface area contributed by atoms with Crippen LogP contribution in [0.1, 0.15) is 68.7 Å². The van der Waals surface area contributed by atoms with Crippen LogP contribution >= 0.6 is 0 Å². The lowest BCUT2D eigenvalue weighted by Crippen LogP contribution is -2.83. The van der Waals surface area contributed by atoms with Gasteiger partial charge in [-0.25, -0.2) is 9.59 Å². The van der Waals surface area contributed by atoms with Crippen LogP contribution in [0.25, 0.3) is 0 Å². The van der Waals surface area contributed by atoms with Gasteiger partial charge in [0.05, 0.1) is 17.0 Å². The van der Waals surface area contributed by atoms with Gasteiger partial charge in [-0.2, -0.15) is 0 Å². The maximum atomic E-state index is 14.5. The lowest BCUT2D eigenvalue weighted by atomic mass is 9.38. The second kappa shape index (κ2) is 13.1. The molecule has 0 spiro atoms. The highest BCUT2D eigenvalue weighted by molar-refractivity contribution is 5.98. The van der Waals surface area contributed by atoms with Crippen molar-refractivity contribution < 1.29 is 58.2 Å². The van der Waals surface area contributed by atoms with Crippen molar-refractivity contribution >= 4 is 29.7 Å². The Morgan fingerprint density at radius 2 is 1.28 bits per heavy atom. The first kappa shape index (κ1) is 36.9. The molecule has 0 heterocycles. The third-order valence-electron chi connectivity index (χ3n) is 11.2. The van der Waals surface area contributed by atoms with Gasteiger partial charge in [0.2, 0.25) is 0 Å². The van der Waals surface area contributed by atoms with Gasteiger partial charge >= 0.3 is 23.9 Å². The molecule has 5 rings (SSSR count). The fourth-order valence-electron chi connectivity index (χ4n) is 9.12. The number of ketones is 1. The largest absolute Gasteiger partial charge is 0.459 e. The number of esters is 4. The summed E-state index contributed by atoms with van der Waals surface area (Å²) < 4.78 is 23.7. The van der Waals surface area contributed by atoms with Crippen LogP contribution in [0.2, 0.25) is 0 Å². The molecule has 12 nitrogen and oxygen atoms in total. The highest BCUT2D eigenvalue weighted by atomic mass is 16.6. The van der Waals surface area contributed by atoms with E-state index in [1.54, 1.807) is 57.2 Å². The van der Waals surface area contributed by atoms with Crippen molar-refractivity contribution in [1.29, 1.82) is 0 Å². The van der Waals surface area contributed by atoms with Gasteiger partial charge in [0, 0.05) is 30.6 Å². The Bertz CT molecular complexity index is 1670. The Hall–Kier alpha value is -4.39. The number of carbonyl (C=O) groups excluding carboxylic acids is 5. The van der Waals surface area contributed by atoms with Crippen molar-refractivity contribution in [2.45, 2.75) is 89.7 Å². The standard InChI is InChI=1S/C38H44O12/c1-8-24-28(49-32(42)22-15-11-9-12-16-22)29-36(6)25(19-26(47-20(2)39)38(29,46)34(44)37(24,7)45)35(4,5)30(27(41)31(36)48-21(3)40)50-33(43)23-17-13-10-14-18-23/h8-18,24-31,41,45-46H,1,19H2,2-7H3. The van der Waals surface area contributed by atoms with E-state index in [4.69, 9.17) is 18.9 Å². The van der Waals surface area contributed by atoms with Crippen molar-refractivity contribution in [3.63, 3.8) is 0 Å². The molecule has 3 aliphatic carbocycles. The van der Waals surface area contributed by atoms with Crippen molar-refractivity contribution in [2.75, 3.05) is 0 Å². The first-order valence-electron chi connectivity index (χ1n) is 16.5. The molecule has 0 bridgehead atoms. The van der Waals surface area contributed by atoms with Crippen molar-refractivity contribution in [3.05, 3.63) is 84.4 Å². The Morgan fingerprint density at radius 3 is 1.76 bits per heavy atom. The molecular formula is C38H44O12. The van der Waals surface area contributed by atoms with E-state index in [-0.39, 0.29) is 17.5 Å². The quantitative estimate of drug-likeness (QED) is 0.219. The van der Waals surface area contributed by atoms with Crippen LogP contribution in [0.5, 0.6) is 0 Å². The van der Waals surface area contributed by atoms with Gasteiger partial charge in [-0.1, -0.05) is 63.2 Å². The number of ether oxygens (including phenoxy) is 4. The van der Waals surface area contributed by atoms with Crippen molar-refractivity contribution in [1.82, 2.24) is 0 Å². The number of hydrogen-bond acceptors (Lipinski definition) is 12. The van der Waals surface area contributed by atoms with Crippen LogP contribution in [0.15, 0.2) is 73.3 Å². The minimum atomic E-state index is -2.75. The van der Waals surface area contributed by atoms with Gasteiger partial charge in [0.1, 0.15) is 36.1 Å². The molecular weight excluding hydrogens is 648 g/mol. The summed E-state index contributed by atoms with van der Waals surface area (Å²) in [5.74, 6) is -8.24. The average molecular weight is 693 g/mol. The molecule has 3 fully saturated rings. The molecule has 11 atom stereocenters. The fourth-order valence-corrected chi connectivity index (χ4v) is 9.12. The Kier molecular flexibility index (Phi) is 9.63. The van der Waals surface area contributed by atoms with Crippen molar-refractivity contribution in [2.24, 2.45) is 28.6 Å². The second-order valence-electron chi connectivity index (χ2n) is 14.6. The SMILES string of the molecule is C=CC1C(OC(=O)c2ccccc2)C2C(O)(C(=O)C1(C)O)C(OC(C)=O)CC1C(C)(C)C(OC(=O)c3ccccc3)C(O)C(OC(C)=O)C12C. The molecule has 3 N–H and O–H groups in total. The summed E-state index contributed by atoms with van der Waals surface area (Å²) in [4.78, 5) is 67.1. The van der Waals surface area contributed by atoms with Crippen LogP contribution in [-0.4, -0.2) is 86.7 Å². The van der Waals surface area contributed by atoms with Gasteiger partial charge in [-0.3, -0.25) is 14.4 Å². The number of hydrogen-bond donors (Lipinski definition) is 3. The lowest BCUT2D eigenvalue weighted by Gasteiger charge is -2.69. The lowest BCUT2D eigenvalue weighted by molar-refractivity contribution is -0.321. The van der Waals surface area contributed by atoms with E-state index in [1.165, 1.54) is 30.3 Å². The van der Waals surface area contributed by atoms with E-state index in [9.17, 15) is 39.3 Å². The monoisotopic (exact) mass is 692 g/mol. The Labute approximate surface area is 290 Å². The van der Waals surface area contributed by atoms with E-state index >= 15 is 0 Å². The highest BCUT2D eigenvalue weighted by Crippen LogP contribution is 2.67. The minimum absolute atomic E-state index is 0.123. The predicted molar refractivity (Wildman–Crippen MR) is 176 cm³/mol. The van der Waals surface area contributed by atoms with Crippen LogP contribution in [-0.2, 0) is 33.3 Å². The van der Waals surface area contributed by atoms with E-state index in [2.05, 4.69) is 6.58 Å². The van der Waals surface area contributed by atoms with Gasteiger partial charge < -0.3 is 34.3 Å². The third-order valence-corrected chi connectivity index (χ3v) is 11.2. The normalized spacial score (nSPS) is 37.3. The van der Waals surface area contributed by atoms with Crippen LogP contribution in [0.4, 0.5) is 0 Å². The van der Waals surface area contributed by atoms with E-state index in [0.29, 0.717) is 0 Å². The van der Waals surface area contributed by atoms with Gasteiger partial charge in [0.25, 0.3) is 0 Å². The summed E-state index contributed by atoms with van der Waals surface area (Å²) in [7, 11) is 0. The zero-order valence-corrected chi connectivity index (χ0v) is 28.9. The number of rotatable bonds is 7. The van der Waals surface area contributed by atoms with Gasteiger partial charge in [0.15, 0.2) is 11.4 Å². The molecule has 2 aromatic carbocycles. The first-order valence-corrected chi connectivity index (χ1v) is 16.5. The average Bonchev–Trinajstić information content (AvgIpc) is 3.05. The molecule has 2 aromatic rings. The molecule has 11 unspecified atom stereocenters. The predicted octanol–water partition coefficient (Wildman–Crippen LogP) is 3.21.